The fourth-order valence-corrected chi connectivity index (χ4v) is 2.68. The first-order chi connectivity index (χ1) is 8.83. The molecule has 2 aromatic rings. The maximum absolute atomic E-state index is 4.11. The van der Waals surface area contributed by atoms with Gasteiger partial charge in [0, 0.05) is 29.5 Å². The van der Waals surface area contributed by atoms with E-state index in [4.69, 9.17) is 0 Å². The molecule has 0 bridgehead atoms. The monoisotopic (exact) mass is 263 g/mol. The summed E-state index contributed by atoms with van der Waals surface area (Å²) in [5.74, 6) is 0. The fraction of sp³-hybridized carbons (Fsp3) is 0.500. The van der Waals surface area contributed by atoms with Gasteiger partial charge >= 0.3 is 0 Å². The number of thiazole rings is 1. The van der Waals surface area contributed by atoms with Crippen molar-refractivity contribution in [1.82, 2.24) is 14.9 Å². The number of hydrogen-bond donors (Lipinski definition) is 1. The predicted molar refractivity (Wildman–Crippen MR) is 77.0 cm³/mol. The van der Waals surface area contributed by atoms with Crippen molar-refractivity contribution in [2.24, 2.45) is 0 Å². The summed E-state index contributed by atoms with van der Waals surface area (Å²) in [5.41, 5.74) is 3.27. The van der Waals surface area contributed by atoms with Gasteiger partial charge in [0.1, 0.15) is 0 Å². The smallest absolute Gasteiger partial charge is 0.0794 e. The van der Waals surface area contributed by atoms with Crippen molar-refractivity contribution < 1.29 is 0 Å². The molecule has 0 spiro atoms. The van der Waals surface area contributed by atoms with Crippen LogP contribution in [0.1, 0.15) is 43.2 Å². The van der Waals surface area contributed by atoms with Crippen LogP contribution in [-0.2, 0) is 6.54 Å². The van der Waals surface area contributed by atoms with E-state index in [9.17, 15) is 0 Å². The number of nitrogens with one attached hydrogen (secondary N) is 1. The summed E-state index contributed by atoms with van der Waals surface area (Å²) >= 11 is 1.71. The van der Waals surface area contributed by atoms with Gasteiger partial charge in [-0.1, -0.05) is 13.8 Å². The molecule has 0 aliphatic rings. The molecule has 2 heterocycles. The summed E-state index contributed by atoms with van der Waals surface area (Å²) in [6.07, 6.45) is 8.65. The van der Waals surface area contributed by atoms with Crippen LogP contribution in [-0.4, -0.2) is 16.1 Å². The van der Waals surface area contributed by atoms with Gasteiger partial charge in [0.15, 0.2) is 0 Å². The molecule has 0 aliphatic heterocycles. The molecular weight excluding hydrogens is 242 g/mol. The molecule has 0 aliphatic carbocycles. The lowest BCUT2D eigenvalue weighted by Crippen LogP contribution is -2.21. The Balaban J connectivity index is 1.99. The molecule has 0 fully saturated rings. The van der Waals surface area contributed by atoms with E-state index in [1.54, 1.807) is 11.3 Å². The third kappa shape index (κ3) is 3.43. The molecule has 0 saturated carbocycles. The van der Waals surface area contributed by atoms with Crippen LogP contribution in [0.5, 0.6) is 0 Å². The van der Waals surface area contributed by atoms with Crippen LogP contribution < -0.4 is 5.32 Å². The minimum absolute atomic E-state index is 0.479. The van der Waals surface area contributed by atoms with E-state index in [0.29, 0.717) is 6.04 Å². The van der Waals surface area contributed by atoms with E-state index in [0.717, 1.165) is 19.5 Å². The van der Waals surface area contributed by atoms with Crippen molar-refractivity contribution in [1.29, 1.82) is 0 Å². The molecule has 2 aromatic heterocycles. The normalized spacial score (nSPS) is 12.8. The van der Waals surface area contributed by atoms with Crippen LogP contribution >= 0.6 is 11.3 Å². The molecule has 0 radical (unpaired) electrons. The van der Waals surface area contributed by atoms with Crippen molar-refractivity contribution in [2.45, 2.75) is 39.3 Å². The Bertz CT molecular complexity index is 447. The fourth-order valence-electron chi connectivity index (χ4n) is 2.08. The molecule has 2 rings (SSSR count). The average molecular weight is 263 g/mol. The van der Waals surface area contributed by atoms with Gasteiger partial charge in [-0.15, -0.1) is 11.3 Å². The summed E-state index contributed by atoms with van der Waals surface area (Å²) in [7, 11) is 0. The van der Waals surface area contributed by atoms with Gasteiger partial charge in [0.2, 0.25) is 0 Å². The second kappa shape index (κ2) is 6.71. The van der Waals surface area contributed by atoms with Crippen molar-refractivity contribution in [2.75, 3.05) is 6.54 Å². The third-order valence-electron chi connectivity index (χ3n) is 3.05. The van der Waals surface area contributed by atoms with Crippen LogP contribution in [0, 0.1) is 0 Å². The standard InChI is InChI=1S/C14H21N3S/c1-3-6-16-14(4-2)12-5-7-17(9-12)10-13-8-15-11-18-13/h5,7-9,11,14,16H,3-4,6,10H2,1-2H3. The molecule has 0 aromatic carbocycles. The van der Waals surface area contributed by atoms with Gasteiger partial charge in [-0.3, -0.25) is 4.98 Å². The van der Waals surface area contributed by atoms with E-state index in [1.165, 1.54) is 16.9 Å². The first kappa shape index (κ1) is 13.3. The number of nitrogens with zero attached hydrogens (tertiary/aromatic N) is 2. The maximum Gasteiger partial charge on any atom is 0.0794 e. The maximum atomic E-state index is 4.11. The molecule has 1 atom stereocenters. The second-order valence-corrected chi connectivity index (χ2v) is 5.47. The third-order valence-corrected chi connectivity index (χ3v) is 3.81. The summed E-state index contributed by atoms with van der Waals surface area (Å²) in [6, 6.07) is 2.70. The van der Waals surface area contributed by atoms with Gasteiger partial charge in [-0.05, 0) is 31.0 Å². The van der Waals surface area contributed by atoms with Crippen LogP contribution in [0.4, 0.5) is 0 Å². The van der Waals surface area contributed by atoms with Gasteiger partial charge in [0.25, 0.3) is 0 Å². The second-order valence-electron chi connectivity index (χ2n) is 4.50. The minimum atomic E-state index is 0.479. The van der Waals surface area contributed by atoms with Crippen LogP contribution in [0.2, 0.25) is 0 Å². The van der Waals surface area contributed by atoms with Crippen LogP contribution in [0.3, 0.4) is 0 Å². The van der Waals surface area contributed by atoms with Gasteiger partial charge in [-0.2, -0.15) is 0 Å². The average Bonchev–Trinajstić information content (AvgIpc) is 3.03. The summed E-state index contributed by atoms with van der Waals surface area (Å²) in [5, 5.41) is 3.58. The molecule has 1 N–H and O–H groups in total. The molecule has 18 heavy (non-hydrogen) atoms. The lowest BCUT2D eigenvalue weighted by molar-refractivity contribution is 0.518. The summed E-state index contributed by atoms with van der Waals surface area (Å²) in [6.45, 7) is 6.44. The van der Waals surface area contributed by atoms with Gasteiger partial charge in [0.05, 0.1) is 12.1 Å². The van der Waals surface area contributed by atoms with E-state index >= 15 is 0 Å². The zero-order chi connectivity index (χ0) is 12.8. The lowest BCUT2D eigenvalue weighted by Gasteiger charge is -2.14. The largest absolute Gasteiger partial charge is 0.349 e. The topological polar surface area (TPSA) is 29.9 Å². The van der Waals surface area contributed by atoms with E-state index in [-0.39, 0.29) is 0 Å². The first-order valence-corrected chi connectivity index (χ1v) is 7.47. The van der Waals surface area contributed by atoms with Crippen molar-refractivity contribution >= 4 is 11.3 Å². The molecular formula is C14H21N3S. The quantitative estimate of drug-likeness (QED) is 0.829. The van der Waals surface area contributed by atoms with Crippen molar-refractivity contribution in [3.05, 3.63) is 40.6 Å². The number of hydrogen-bond acceptors (Lipinski definition) is 3. The molecule has 0 amide bonds. The molecule has 3 nitrogen and oxygen atoms in total. The van der Waals surface area contributed by atoms with Gasteiger partial charge < -0.3 is 9.88 Å². The minimum Gasteiger partial charge on any atom is -0.349 e. The van der Waals surface area contributed by atoms with Crippen molar-refractivity contribution in [3.8, 4) is 0 Å². The Morgan fingerprint density at radius 1 is 1.44 bits per heavy atom. The van der Waals surface area contributed by atoms with Gasteiger partial charge in [-0.25, -0.2) is 0 Å². The number of rotatable bonds is 7. The van der Waals surface area contributed by atoms with E-state index in [2.05, 4.69) is 47.2 Å². The molecule has 1 unspecified atom stereocenters. The lowest BCUT2D eigenvalue weighted by atomic mass is 10.1. The Morgan fingerprint density at radius 2 is 2.33 bits per heavy atom. The predicted octanol–water partition coefficient (Wildman–Crippen LogP) is 3.44. The summed E-state index contributed by atoms with van der Waals surface area (Å²) < 4.78 is 2.24. The van der Waals surface area contributed by atoms with E-state index in [1.807, 2.05) is 11.7 Å². The highest BCUT2D eigenvalue weighted by Crippen LogP contribution is 2.18. The van der Waals surface area contributed by atoms with Crippen LogP contribution in [0.15, 0.2) is 30.2 Å². The first-order valence-electron chi connectivity index (χ1n) is 6.60. The Hall–Kier alpha value is -1.13. The Labute approximate surface area is 113 Å². The highest BCUT2D eigenvalue weighted by molar-refractivity contribution is 7.09. The van der Waals surface area contributed by atoms with Crippen molar-refractivity contribution in [3.63, 3.8) is 0 Å². The van der Waals surface area contributed by atoms with E-state index < -0.39 is 0 Å². The highest BCUT2D eigenvalue weighted by atomic mass is 32.1. The zero-order valence-electron chi connectivity index (χ0n) is 11.1. The molecule has 98 valence electrons. The Kier molecular flexibility index (Phi) is 4.96. The van der Waals surface area contributed by atoms with Crippen LogP contribution in [0.25, 0.3) is 0 Å². The highest BCUT2D eigenvalue weighted by Gasteiger charge is 2.09. The Morgan fingerprint density at radius 3 is 3.00 bits per heavy atom. The number of aromatic nitrogens is 2. The summed E-state index contributed by atoms with van der Waals surface area (Å²) in [4.78, 5) is 5.41. The SMILES string of the molecule is CCCNC(CC)c1ccn(Cc2cncs2)c1. The molecule has 0 saturated heterocycles. The molecule has 4 heteroatoms. The zero-order valence-corrected chi connectivity index (χ0v) is 11.9.